The van der Waals surface area contributed by atoms with Crippen molar-refractivity contribution in [3.05, 3.63) is 51.7 Å². The maximum absolute atomic E-state index is 11.8. The third-order valence-corrected chi connectivity index (χ3v) is 2.80. The minimum absolute atomic E-state index is 0.223. The largest absolute Gasteiger partial charge is 0.356 e. The molecule has 2 N–H and O–H groups in total. The number of carbonyl (C=O) groups is 1. The second-order valence-corrected chi connectivity index (χ2v) is 4.49. The molecule has 2 aromatic rings. The number of amides is 1. The van der Waals surface area contributed by atoms with Crippen LogP contribution >= 0.6 is 27.5 Å². The van der Waals surface area contributed by atoms with Gasteiger partial charge in [0.1, 0.15) is 5.69 Å². The summed E-state index contributed by atoms with van der Waals surface area (Å²) in [6.45, 7) is 0. The molecule has 0 saturated carbocycles. The Morgan fingerprint density at radius 1 is 1.38 bits per heavy atom. The van der Waals surface area contributed by atoms with Crippen LogP contribution in [0.4, 0.5) is 5.69 Å². The smallest absolute Gasteiger partial charge is 0.272 e. The summed E-state index contributed by atoms with van der Waals surface area (Å²) in [5, 5.41) is 3.23. The van der Waals surface area contributed by atoms with E-state index in [9.17, 15) is 4.79 Å². The van der Waals surface area contributed by atoms with Gasteiger partial charge in [0.15, 0.2) is 0 Å². The van der Waals surface area contributed by atoms with Gasteiger partial charge in [-0.15, -0.1) is 0 Å². The molecule has 0 fully saturated rings. The monoisotopic (exact) mass is 298 g/mol. The molecular weight excluding hydrogens is 291 g/mol. The van der Waals surface area contributed by atoms with E-state index < -0.39 is 0 Å². The summed E-state index contributed by atoms with van der Waals surface area (Å²) in [5.74, 6) is -0.223. The number of H-pyrrole nitrogens is 1. The van der Waals surface area contributed by atoms with Crippen molar-refractivity contribution in [3.63, 3.8) is 0 Å². The summed E-state index contributed by atoms with van der Waals surface area (Å²) >= 11 is 9.19. The fraction of sp³-hybridized carbons (Fsp3) is 0. The van der Waals surface area contributed by atoms with Crippen LogP contribution in [0.5, 0.6) is 0 Å². The zero-order chi connectivity index (χ0) is 11.5. The van der Waals surface area contributed by atoms with Crippen LogP contribution in [-0.2, 0) is 0 Å². The first-order valence-corrected chi connectivity index (χ1v) is 5.74. The molecule has 1 amide bonds. The van der Waals surface area contributed by atoms with E-state index in [1.165, 1.54) is 0 Å². The number of benzene rings is 1. The molecule has 0 spiro atoms. The van der Waals surface area contributed by atoms with Crippen molar-refractivity contribution in [2.24, 2.45) is 0 Å². The first-order valence-electron chi connectivity index (χ1n) is 4.56. The molecule has 1 heterocycles. The second-order valence-electron chi connectivity index (χ2n) is 3.17. The van der Waals surface area contributed by atoms with Crippen molar-refractivity contribution in [1.29, 1.82) is 0 Å². The van der Waals surface area contributed by atoms with Crippen LogP contribution in [0.25, 0.3) is 0 Å². The molecule has 16 heavy (non-hydrogen) atoms. The van der Waals surface area contributed by atoms with Crippen molar-refractivity contribution in [2.75, 3.05) is 5.32 Å². The third kappa shape index (κ3) is 2.46. The average Bonchev–Trinajstić information content (AvgIpc) is 2.68. The van der Waals surface area contributed by atoms with Gasteiger partial charge < -0.3 is 10.3 Å². The lowest BCUT2D eigenvalue weighted by molar-refractivity contribution is 0.102. The number of hydrogen-bond donors (Lipinski definition) is 2. The predicted octanol–water partition coefficient (Wildman–Crippen LogP) is 3.68. The number of carbonyl (C=O) groups excluding carboxylic acids is 1. The number of hydrogen-bond acceptors (Lipinski definition) is 1. The number of nitrogens with one attached hydrogen (secondary N) is 2. The summed E-state index contributed by atoms with van der Waals surface area (Å²) in [7, 11) is 0. The van der Waals surface area contributed by atoms with Gasteiger partial charge in [0.05, 0.1) is 10.7 Å². The normalized spacial score (nSPS) is 10.1. The molecule has 3 nitrogen and oxygen atoms in total. The van der Waals surface area contributed by atoms with Gasteiger partial charge in [-0.3, -0.25) is 4.79 Å². The topological polar surface area (TPSA) is 44.9 Å². The molecule has 0 aliphatic heterocycles. The first kappa shape index (κ1) is 11.2. The van der Waals surface area contributed by atoms with Crippen LogP contribution < -0.4 is 5.32 Å². The minimum atomic E-state index is -0.223. The fourth-order valence-electron chi connectivity index (χ4n) is 1.25. The van der Waals surface area contributed by atoms with E-state index >= 15 is 0 Å². The number of aromatic amines is 1. The maximum atomic E-state index is 11.8. The summed E-state index contributed by atoms with van der Waals surface area (Å²) in [6, 6.07) is 8.79. The zero-order valence-corrected chi connectivity index (χ0v) is 10.5. The van der Waals surface area contributed by atoms with Crippen LogP contribution in [0.3, 0.4) is 0 Å². The lowest BCUT2D eigenvalue weighted by Gasteiger charge is -2.05. The van der Waals surface area contributed by atoms with Gasteiger partial charge in [0.25, 0.3) is 5.91 Å². The molecule has 0 aliphatic rings. The van der Waals surface area contributed by atoms with Crippen LogP contribution in [0.15, 0.2) is 41.0 Å². The van der Waals surface area contributed by atoms with Crippen LogP contribution in [0, 0.1) is 0 Å². The Labute approximate surface area is 106 Å². The molecule has 0 aliphatic carbocycles. The number of halogens is 2. The Bertz CT molecular complexity index is 524. The lowest BCUT2D eigenvalue weighted by Crippen LogP contribution is -2.12. The molecule has 0 unspecified atom stereocenters. The van der Waals surface area contributed by atoms with Crippen LogP contribution in [-0.4, -0.2) is 10.9 Å². The zero-order valence-electron chi connectivity index (χ0n) is 8.13. The Balaban J connectivity index is 2.17. The molecular formula is C11H8BrClN2O. The van der Waals surface area contributed by atoms with Crippen molar-refractivity contribution in [3.8, 4) is 0 Å². The van der Waals surface area contributed by atoms with E-state index in [0.717, 1.165) is 4.47 Å². The van der Waals surface area contributed by atoms with E-state index in [2.05, 4.69) is 26.2 Å². The first-order chi connectivity index (χ1) is 7.66. The molecule has 82 valence electrons. The van der Waals surface area contributed by atoms with Gasteiger partial charge in [-0.1, -0.05) is 23.7 Å². The SMILES string of the molecule is O=C(Nc1ccccc1Cl)c1cc(Br)c[nH]1. The highest BCUT2D eigenvalue weighted by molar-refractivity contribution is 9.10. The number of para-hydroxylation sites is 1. The van der Waals surface area contributed by atoms with Gasteiger partial charge in [0.2, 0.25) is 0 Å². The molecule has 2 rings (SSSR count). The molecule has 0 bridgehead atoms. The predicted molar refractivity (Wildman–Crippen MR) is 67.9 cm³/mol. The molecule has 0 radical (unpaired) electrons. The highest BCUT2D eigenvalue weighted by Gasteiger charge is 2.09. The van der Waals surface area contributed by atoms with Gasteiger partial charge in [-0.25, -0.2) is 0 Å². The summed E-state index contributed by atoms with van der Waals surface area (Å²) < 4.78 is 0.830. The molecule has 0 saturated heterocycles. The number of anilines is 1. The van der Waals surface area contributed by atoms with E-state index in [1.54, 1.807) is 24.4 Å². The van der Waals surface area contributed by atoms with Gasteiger partial charge in [-0.05, 0) is 34.1 Å². The molecule has 0 atom stereocenters. The Hall–Kier alpha value is -1.26. The van der Waals surface area contributed by atoms with Crippen molar-refractivity contribution in [2.45, 2.75) is 0 Å². The maximum Gasteiger partial charge on any atom is 0.272 e. The van der Waals surface area contributed by atoms with Crippen molar-refractivity contribution in [1.82, 2.24) is 4.98 Å². The number of rotatable bonds is 2. The summed E-state index contributed by atoms with van der Waals surface area (Å²) in [4.78, 5) is 14.6. The third-order valence-electron chi connectivity index (χ3n) is 2.01. The highest BCUT2D eigenvalue weighted by atomic mass is 79.9. The van der Waals surface area contributed by atoms with Gasteiger partial charge in [0, 0.05) is 10.7 Å². The van der Waals surface area contributed by atoms with Crippen molar-refractivity contribution >= 4 is 39.1 Å². The van der Waals surface area contributed by atoms with E-state index in [4.69, 9.17) is 11.6 Å². The van der Waals surface area contributed by atoms with Crippen molar-refractivity contribution < 1.29 is 4.79 Å². The molecule has 1 aromatic carbocycles. The number of aromatic nitrogens is 1. The Kier molecular flexibility index (Phi) is 3.31. The summed E-state index contributed by atoms with van der Waals surface area (Å²) in [5.41, 5.74) is 1.08. The van der Waals surface area contributed by atoms with E-state index in [0.29, 0.717) is 16.4 Å². The average molecular weight is 300 g/mol. The van der Waals surface area contributed by atoms with E-state index in [1.807, 2.05) is 12.1 Å². The van der Waals surface area contributed by atoms with Gasteiger partial charge >= 0.3 is 0 Å². The second kappa shape index (κ2) is 4.72. The fourth-order valence-corrected chi connectivity index (χ4v) is 1.78. The summed E-state index contributed by atoms with van der Waals surface area (Å²) in [6.07, 6.45) is 1.70. The van der Waals surface area contributed by atoms with E-state index in [-0.39, 0.29) is 5.91 Å². The van der Waals surface area contributed by atoms with Gasteiger partial charge in [-0.2, -0.15) is 0 Å². The quantitative estimate of drug-likeness (QED) is 0.873. The molecule has 1 aromatic heterocycles. The van der Waals surface area contributed by atoms with Crippen LogP contribution in [0.2, 0.25) is 5.02 Å². The minimum Gasteiger partial charge on any atom is -0.356 e. The standard InChI is InChI=1S/C11H8BrClN2O/c12-7-5-10(14-6-7)11(16)15-9-4-2-1-3-8(9)13/h1-6,14H,(H,15,16). The lowest BCUT2D eigenvalue weighted by atomic mass is 10.3. The Morgan fingerprint density at radius 3 is 2.75 bits per heavy atom. The van der Waals surface area contributed by atoms with Crippen LogP contribution in [0.1, 0.15) is 10.5 Å². The Morgan fingerprint density at radius 2 is 2.12 bits per heavy atom. The molecule has 5 heteroatoms. The highest BCUT2D eigenvalue weighted by Crippen LogP contribution is 2.21.